The van der Waals surface area contributed by atoms with Crippen LogP contribution in [0, 0.1) is 0 Å². The molecule has 2 rings (SSSR count). The average Bonchev–Trinajstić information content (AvgIpc) is 2.54. The first-order valence-corrected chi connectivity index (χ1v) is 4.90. The Balaban J connectivity index is 2.64. The van der Waals surface area contributed by atoms with Crippen LogP contribution in [-0.4, -0.2) is 11.6 Å². The van der Waals surface area contributed by atoms with Crippen molar-refractivity contribution in [1.82, 2.24) is 9.88 Å². The van der Waals surface area contributed by atoms with E-state index < -0.39 is 0 Å². The van der Waals surface area contributed by atoms with E-state index in [1.807, 2.05) is 25.2 Å². The summed E-state index contributed by atoms with van der Waals surface area (Å²) < 4.78 is 6.57. The third kappa shape index (κ3) is 1.57. The molecule has 0 bridgehead atoms. The van der Waals surface area contributed by atoms with Crippen molar-refractivity contribution in [2.24, 2.45) is 7.05 Å². The van der Waals surface area contributed by atoms with Gasteiger partial charge < -0.3 is 9.73 Å². The van der Waals surface area contributed by atoms with Gasteiger partial charge in [0.1, 0.15) is 0 Å². The molecule has 0 aliphatic heterocycles. The fraction of sp³-hybridized carbons (Fsp3) is 0.364. The number of fused-ring (bicyclic) bond motifs is 1. The summed E-state index contributed by atoms with van der Waals surface area (Å²) in [6.45, 7) is 2.07. The van der Waals surface area contributed by atoms with Crippen LogP contribution in [0.2, 0.25) is 0 Å². The Morgan fingerprint density at radius 1 is 1.47 bits per heavy atom. The molecule has 15 heavy (non-hydrogen) atoms. The second-order valence-electron chi connectivity index (χ2n) is 3.66. The minimum Gasteiger partial charge on any atom is -0.408 e. The number of hydrogen-bond donors (Lipinski definition) is 1. The van der Waals surface area contributed by atoms with E-state index in [-0.39, 0.29) is 11.8 Å². The molecule has 2 aromatic rings. The van der Waals surface area contributed by atoms with E-state index in [9.17, 15) is 4.79 Å². The average molecular weight is 206 g/mol. The number of oxazole rings is 1. The molecule has 4 heteroatoms. The number of benzene rings is 1. The molecule has 4 nitrogen and oxygen atoms in total. The molecule has 0 aliphatic carbocycles. The quantitative estimate of drug-likeness (QED) is 0.808. The summed E-state index contributed by atoms with van der Waals surface area (Å²) in [7, 11) is 3.62. The Hall–Kier alpha value is -1.55. The van der Waals surface area contributed by atoms with Gasteiger partial charge in [-0.25, -0.2) is 4.79 Å². The molecular weight excluding hydrogens is 192 g/mol. The van der Waals surface area contributed by atoms with Crippen LogP contribution in [0.4, 0.5) is 0 Å². The highest BCUT2D eigenvalue weighted by atomic mass is 16.4. The van der Waals surface area contributed by atoms with Crippen LogP contribution >= 0.6 is 0 Å². The maximum atomic E-state index is 11.3. The van der Waals surface area contributed by atoms with E-state index >= 15 is 0 Å². The summed E-state index contributed by atoms with van der Waals surface area (Å²) in [5, 5.41) is 3.15. The van der Waals surface area contributed by atoms with Gasteiger partial charge in [0.15, 0.2) is 5.58 Å². The topological polar surface area (TPSA) is 47.2 Å². The standard InChI is InChI=1S/C11H14N2O2/c1-7(12-2)8-4-5-10-9(6-8)13(3)11(14)15-10/h4-7,12H,1-3H3. The summed E-state index contributed by atoms with van der Waals surface area (Å²) in [5.74, 6) is -0.320. The van der Waals surface area contributed by atoms with Crippen LogP contribution < -0.4 is 11.1 Å². The summed E-state index contributed by atoms with van der Waals surface area (Å²) in [5.41, 5.74) is 2.61. The van der Waals surface area contributed by atoms with Gasteiger partial charge in [-0.1, -0.05) is 6.07 Å². The maximum Gasteiger partial charge on any atom is 0.419 e. The van der Waals surface area contributed by atoms with Gasteiger partial charge >= 0.3 is 5.76 Å². The van der Waals surface area contributed by atoms with Crippen LogP contribution in [0.5, 0.6) is 0 Å². The van der Waals surface area contributed by atoms with Crippen LogP contribution in [0.15, 0.2) is 27.4 Å². The van der Waals surface area contributed by atoms with E-state index in [0.717, 1.165) is 11.1 Å². The van der Waals surface area contributed by atoms with Crippen LogP contribution in [0.1, 0.15) is 18.5 Å². The molecule has 0 aliphatic rings. The first kappa shape index (κ1) is 9.98. The van der Waals surface area contributed by atoms with E-state index in [1.54, 1.807) is 7.05 Å². The highest BCUT2D eigenvalue weighted by Gasteiger charge is 2.08. The molecule has 0 saturated carbocycles. The van der Waals surface area contributed by atoms with E-state index in [4.69, 9.17) is 4.42 Å². The molecule has 0 amide bonds. The van der Waals surface area contributed by atoms with Gasteiger partial charge in [0.25, 0.3) is 0 Å². The predicted molar refractivity (Wildman–Crippen MR) is 58.9 cm³/mol. The van der Waals surface area contributed by atoms with Gasteiger partial charge in [0.05, 0.1) is 5.52 Å². The number of hydrogen-bond acceptors (Lipinski definition) is 3. The van der Waals surface area contributed by atoms with Gasteiger partial charge in [-0.15, -0.1) is 0 Å². The lowest BCUT2D eigenvalue weighted by atomic mass is 10.1. The Kier molecular flexibility index (Phi) is 2.36. The van der Waals surface area contributed by atoms with Crippen molar-refractivity contribution >= 4 is 11.1 Å². The lowest BCUT2D eigenvalue weighted by Gasteiger charge is -2.09. The maximum absolute atomic E-state index is 11.3. The molecule has 0 fully saturated rings. The second-order valence-corrected chi connectivity index (χ2v) is 3.66. The fourth-order valence-corrected chi connectivity index (χ4v) is 1.58. The van der Waals surface area contributed by atoms with Gasteiger partial charge in [-0.2, -0.15) is 0 Å². The molecule has 1 atom stereocenters. The van der Waals surface area contributed by atoms with Crippen molar-refractivity contribution in [3.63, 3.8) is 0 Å². The summed E-state index contributed by atoms with van der Waals surface area (Å²) in [6.07, 6.45) is 0. The molecule has 1 unspecified atom stereocenters. The second kappa shape index (κ2) is 3.55. The zero-order valence-corrected chi connectivity index (χ0v) is 9.07. The number of aryl methyl sites for hydroxylation is 1. The van der Waals surface area contributed by atoms with Gasteiger partial charge in [0.2, 0.25) is 0 Å². The third-order valence-electron chi connectivity index (χ3n) is 2.75. The lowest BCUT2D eigenvalue weighted by Crippen LogP contribution is -2.12. The van der Waals surface area contributed by atoms with E-state index in [1.165, 1.54) is 4.57 Å². The predicted octanol–water partition coefficient (Wildman–Crippen LogP) is 1.41. The summed E-state index contributed by atoms with van der Waals surface area (Å²) in [6, 6.07) is 6.03. The first-order valence-electron chi connectivity index (χ1n) is 4.90. The van der Waals surface area contributed by atoms with Gasteiger partial charge in [-0.05, 0) is 31.7 Å². The SMILES string of the molecule is CNC(C)c1ccc2oc(=O)n(C)c2c1. The van der Waals surface area contributed by atoms with Crippen molar-refractivity contribution in [2.45, 2.75) is 13.0 Å². The summed E-state index contributed by atoms with van der Waals surface area (Å²) in [4.78, 5) is 11.3. The smallest absolute Gasteiger partial charge is 0.408 e. The zero-order chi connectivity index (χ0) is 11.0. The van der Waals surface area contributed by atoms with Crippen LogP contribution in [0.25, 0.3) is 11.1 Å². The monoisotopic (exact) mass is 206 g/mol. The minimum atomic E-state index is -0.320. The normalized spacial score (nSPS) is 13.3. The minimum absolute atomic E-state index is 0.263. The molecule has 0 spiro atoms. The molecule has 1 aromatic carbocycles. The highest BCUT2D eigenvalue weighted by Crippen LogP contribution is 2.18. The zero-order valence-electron chi connectivity index (χ0n) is 9.07. The fourth-order valence-electron chi connectivity index (χ4n) is 1.58. The van der Waals surface area contributed by atoms with Crippen molar-refractivity contribution in [3.8, 4) is 0 Å². The number of aromatic nitrogens is 1. The highest BCUT2D eigenvalue weighted by molar-refractivity contribution is 5.73. The summed E-state index contributed by atoms with van der Waals surface area (Å²) >= 11 is 0. The molecule has 1 aromatic heterocycles. The molecule has 1 heterocycles. The van der Waals surface area contributed by atoms with E-state index in [0.29, 0.717) is 5.58 Å². The number of nitrogens with zero attached hydrogens (tertiary/aromatic N) is 1. The van der Waals surface area contributed by atoms with Crippen molar-refractivity contribution < 1.29 is 4.42 Å². The molecule has 0 saturated heterocycles. The third-order valence-corrected chi connectivity index (χ3v) is 2.75. The van der Waals surface area contributed by atoms with Gasteiger partial charge in [0, 0.05) is 13.1 Å². The van der Waals surface area contributed by atoms with Crippen LogP contribution in [-0.2, 0) is 7.05 Å². The first-order chi connectivity index (χ1) is 7.13. The van der Waals surface area contributed by atoms with Crippen molar-refractivity contribution in [1.29, 1.82) is 0 Å². The van der Waals surface area contributed by atoms with Gasteiger partial charge in [-0.3, -0.25) is 4.57 Å². The number of nitrogens with one attached hydrogen (secondary N) is 1. The van der Waals surface area contributed by atoms with Crippen molar-refractivity contribution in [3.05, 3.63) is 34.3 Å². The van der Waals surface area contributed by atoms with Crippen LogP contribution in [0.3, 0.4) is 0 Å². The molecule has 0 radical (unpaired) electrons. The largest absolute Gasteiger partial charge is 0.419 e. The van der Waals surface area contributed by atoms with Crippen molar-refractivity contribution in [2.75, 3.05) is 7.05 Å². The molecule has 80 valence electrons. The molecular formula is C11H14N2O2. The number of rotatable bonds is 2. The molecule has 1 N–H and O–H groups in total. The lowest BCUT2D eigenvalue weighted by molar-refractivity contribution is 0.528. The Morgan fingerprint density at radius 2 is 2.20 bits per heavy atom. The Labute approximate surface area is 87.5 Å². The Morgan fingerprint density at radius 3 is 2.87 bits per heavy atom. The van der Waals surface area contributed by atoms with E-state index in [2.05, 4.69) is 12.2 Å². The Bertz CT molecular complexity index is 539.